The Morgan fingerprint density at radius 1 is 0.730 bits per heavy atom. The van der Waals surface area contributed by atoms with E-state index in [0.717, 1.165) is 23.6 Å². The van der Waals surface area contributed by atoms with Crippen LogP contribution in [-0.2, 0) is 6.54 Å². The topological polar surface area (TPSA) is 36.3 Å². The molecule has 5 aromatic rings. The number of aromatic amines is 1. The highest BCUT2D eigenvalue weighted by atomic mass is 15.5. The SMILES string of the molecule is CCCCCCCCCCn1c2ccccc2c2cc(/C=N\N(c3ccccc3)c3ccc[nH]3)ccc21. The lowest BCUT2D eigenvalue weighted by atomic mass is 10.1. The number of nitrogens with zero attached hydrogens (tertiary/aromatic N) is 3. The molecule has 0 radical (unpaired) electrons. The average molecular weight is 491 g/mol. The molecular formula is C33H38N4. The smallest absolute Gasteiger partial charge is 0.132 e. The third-order valence-electron chi connectivity index (χ3n) is 7.16. The molecule has 0 spiro atoms. The molecule has 2 aromatic heterocycles. The number of aromatic nitrogens is 2. The molecule has 4 nitrogen and oxygen atoms in total. The van der Waals surface area contributed by atoms with Gasteiger partial charge in [-0.1, -0.05) is 94.3 Å². The van der Waals surface area contributed by atoms with E-state index in [-0.39, 0.29) is 0 Å². The second kappa shape index (κ2) is 12.4. The fourth-order valence-electron chi connectivity index (χ4n) is 5.21. The monoisotopic (exact) mass is 490 g/mol. The Labute approximate surface area is 220 Å². The quantitative estimate of drug-likeness (QED) is 0.0995. The van der Waals surface area contributed by atoms with Crippen LogP contribution < -0.4 is 5.01 Å². The van der Waals surface area contributed by atoms with E-state index in [4.69, 9.17) is 5.10 Å². The van der Waals surface area contributed by atoms with Gasteiger partial charge in [0.1, 0.15) is 5.82 Å². The number of para-hydroxylation sites is 2. The van der Waals surface area contributed by atoms with Crippen molar-refractivity contribution in [3.8, 4) is 0 Å². The first-order valence-corrected chi connectivity index (χ1v) is 13.9. The Morgan fingerprint density at radius 2 is 1.46 bits per heavy atom. The van der Waals surface area contributed by atoms with Crippen LogP contribution in [0.5, 0.6) is 0 Å². The highest BCUT2D eigenvalue weighted by Gasteiger charge is 2.11. The van der Waals surface area contributed by atoms with E-state index in [1.54, 1.807) is 0 Å². The summed E-state index contributed by atoms with van der Waals surface area (Å²) < 4.78 is 2.51. The van der Waals surface area contributed by atoms with E-state index in [1.807, 2.05) is 47.8 Å². The number of nitrogens with one attached hydrogen (secondary N) is 1. The maximum absolute atomic E-state index is 4.87. The molecule has 0 saturated heterocycles. The van der Waals surface area contributed by atoms with Gasteiger partial charge in [-0.15, -0.1) is 0 Å². The van der Waals surface area contributed by atoms with Crippen LogP contribution in [-0.4, -0.2) is 15.8 Å². The molecule has 2 heterocycles. The third kappa shape index (κ3) is 5.96. The predicted octanol–water partition coefficient (Wildman–Crippen LogP) is 9.44. The molecule has 4 heteroatoms. The van der Waals surface area contributed by atoms with Crippen molar-refractivity contribution < 1.29 is 0 Å². The second-order valence-corrected chi connectivity index (χ2v) is 9.87. The molecule has 3 aromatic carbocycles. The fourth-order valence-corrected chi connectivity index (χ4v) is 5.21. The van der Waals surface area contributed by atoms with Crippen molar-refractivity contribution in [1.82, 2.24) is 9.55 Å². The lowest BCUT2D eigenvalue weighted by Gasteiger charge is -2.17. The summed E-state index contributed by atoms with van der Waals surface area (Å²) in [5.41, 5.74) is 4.75. The van der Waals surface area contributed by atoms with Gasteiger partial charge in [0.05, 0.1) is 11.9 Å². The first-order chi connectivity index (χ1) is 18.3. The van der Waals surface area contributed by atoms with E-state index < -0.39 is 0 Å². The van der Waals surface area contributed by atoms with Crippen molar-refractivity contribution in [2.45, 2.75) is 64.8 Å². The Morgan fingerprint density at radius 3 is 2.24 bits per heavy atom. The zero-order valence-electron chi connectivity index (χ0n) is 21.9. The van der Waals surface area contributed by atoms with Crippen LogP contribution in [0.1, 0.15) is 63.9 Å². The Bertz CT molecular complexity index is 1410. The summed E-state index contributed by atoms with van der Waals surface area (Å²) in [7, 11) is 0. The lowest BCUT2D eigenvalue weighted by molar-refractivity contribution is 0.553. The van der Waals surface area contributed by atoms with Crippen LogP contribution in [0.15, 0.2) is 96.2 Å². The number of benzene rings is 3. The molecule has 0 atom stereocenters. The largest absolute Gasteiger partial charge is 0.347 e. The molecule has 37 heavy (non-hydrogen) atoms. The summed E-state index contributed by atoms with van der Waals surface area (Å²) in [6.07, 6.45) is 14.6. The number of hydrogen-bond acceptors (Lipinski definition) is 2. The Hall–Kier alpha value is -3.79. The standard InChI is InChI=1S/C33H38N4/c1-2-3-4-5-6-7-8-14-24-36-31-19-13-12-18-29(31)30-25-27(21-22-32(30)36)26-35-37(33-20-15-23-34-33)28-16-10-9-11-17-28/h9-13,15-23,25-26,34H,2-8,14,24H2,1H3/b35-26-. The zero-order valence-corrected chi connectivity index (χ0v) is 21.9. The van der Waals surface area contributed by atoms with Gasteiger partial charge in [-0.3, -0.25) is 0 Å². The summed E-state index contributed by atoms with van der Waals surface area (Å²) in [6.45, 7) is 3.35. The second-order valence-electron chi connectivity index (χ2n) is 9.87. The zero-order chi connectivity index (χ0) is 25.3. The van der Waals surface area contributed by atoms with Gasteiger partial charge in [-0.2, -0.15) is 5.10 Å². The number of hydrazone groups is 1. The number of unbranched alkanes of at least 4 members (excludes halogenated alkanes) is 7. The summed E-state index contributed by atoms with van der Waals surface area (Å²) >= 11 is 0. The maximum Gasteiger partial charge on any atom is 0.132 e. The molecule has 1 N–H and O–H groups in total. The molecule has 5 rings (SSSR count). The van der Waals surface area contributed by atoms with Gasteiger partial charge in [-0.25, -0.2) is 5.01 Å². The molecule has 0 aliphatic heterocycles. The molecule has 0 saturated carbocycles. The summed E-state index contributed by atoms with van der Waals surface area (Å²) in [5.74, 6) is 0.936. The molecule has 0 fully saturated rings. The Kier molecular flexibility index (Phi) is 8.37. The summed E-state index contributed by atoms with van der Waals surface area (Å²) in [4.78, 5) is 3.28. The van der Waals surface area contributed by atoms with E-state index in [2.05, 4.69) is 71.1 Å². The molecule has 0 aliphatic rings. The van der Waals surface area contributed by atoms with Gasteiger partial charge < -0.3 is 9.55 Å². The van der Waals surface area contributed by atoms with Crippen molar-refractivity contribution in [3.63, 3.8) is 0 Å². The summed E-state index contributed by atoms with van der Waals surface area (Å²) in [5, 5.41) is 9.42. The van der Waals surface area contributed by atoms with Crippen molar-refractivity contribution in [1.29, 1.82) is 0 Å². The molecule has 0 aliphatic carbocycles. The van der Waals surface area contributed by atoms with Crippen molar-refractivity contribution in [2.75, 3.05) is 5.01 Å². The predicted molar refractivity (Wildman–Crippen MR) is 159 cm³/mol. The van der Waals surface area contributed by atoms with Crippen LogP contribution in [0.2, 0.25) is 0 Å². The maximum atomic E-state index is 4.87. The van der Waals surface area contributed by atoms with Gasteiger partial charge >= 0.3 is 0 Å². The van der Waals surface area contributed by atoms with Gasteiger partial charge in [-0.05, 0) is 54.4 Å². The van der Waals surface area contributed by atoms with Crippen molar-refractivity contribution in [3.05, 3.63) is 96.7 Å². The van der Waals surface area contributed by atoms with Crippen LogP contribution in [0.3, 0.4) is 0 Å². The minimum absolute atomic E-state index is 0.936. The summed E-state index contributed by atoms with van der Waals surface area (Å²) in [6, 6.07) is 29.8. The highest BCUT2D eigenvalue weighted by Crippen LogP contribution is 2.30. The molecule has 190 valence electrons. The minimum atomic E-state index is 0.936. The average Bonchev–Trinajstić information content (AvgIpc) is 3.58. The van der Waals surface area contributed by atoms with Crippen LogP contribution in [0.4, 0.5) is 11.5 Å². The number of rotatable bonds is 13. The first-order valence-electron chi connectivity index (χ1n) is 13.9. The third-order valence-corrected chi connectivity index (χ3v) is 7.16. The minimum Gasteiger partial charge on any atom is -0.347 e. The van der Waals surface area contributed by atoms with E-state index in [0.29, 0.717) is 0 Å². The van der Waals surface area contributed by atoms with Gasteiger partial charge in [0.15, 0.2) is 0 Å². The molecule has 0 bridgehead atoms. The van der Waals surface area contributed by atoms with E-state index in [9.17, 15) is 0 Å². The number of H-pyrrole nitrogens is 1. The number of fused-ring (bicyclic) bond motifs is 3. The fraction of sp³-hybridized carbons (Fsp3) is 0.303. The highest BCUT2D eigenvalue weighted by molar-refractivity contribution is 6.09. The van der Waals surface area contributed by atoms with Crippen LogP contribution in [0.25, 0.3) is 21.8 Å². The molecule has 0 amide bonds. The van der Waals surface area contributed by atoms with Crippen LogP contribution in [0, 0.1) is 0 Å². The van der Waals surface area contributed by atoms with Crippen molar-refractivity contribution >= 4 is 39.5 Å². The van der Waals surface area contributed by atoms with E-state index >= 15 is 0 Å². The lowest BCUT2D eigenvalue weighted by Crippen LogP contribution is -2.09. The molecular weight excluding hydrogens is 452 g/mol. The number of anilines is 2. The molecule has 0 unspecified atom stereocenters. The van der Waals surface area contributed by atoms with Gasteiger partial charge in [0, 0.05) is 34.5 Å². The normalized spacial score (nSPS) is 11.7. The first kappa shape index (κ1) is 24.9. The van der Waals surface area contributed by atoms with Gasteiger partial charge in [0.25, 0.3) is 0 Å². The number of hydrogen-bond donors (Lipinski definition) is 1. The van der Waals surface area contributed by atoms with Crippen molar-refractivity contribution in [2.24, 2.45) is 5.10 Å². The number of aryl methyl sites for hydroxylation is 1. The van der Waals surface area contributed by atoms with Crippen LogP contribution >= 0.6 is 0 Å². The van der Waals surface area contributed by atoms with E-state index in [1.165, 1.54) is 73.2 Å². The Balaban J connectivity index is 1.35. The van der Waals surface area contributed by atoms with Gasteiger partial charge in [0.2, 0.25) is 0 Å².